The summed E-state index contributed by atoms with van der Waals surface area (Å²) >= 11 is 0. The highest BCUT2D eigenvalue weighted by Crippen LogP contribution is 2.56. The molecular formula is C21H31N3O4. The van der Waals surface area contributed by atoms with Crippen molar-refractivity contribution < 1.29 is 19.4 Å². The van der Waals surface area contributed by atoms with Gasteiger partial charge in [-0.05, 0) is 69.9 Å². The zero-order valence-corrected chi connectivity index (χ0v) is 17.3. The van der Waals surface area contributed by atoms with Crippen LogP contribution in [-0.4, -0.2) is 39.8 Å². The van der Waals surface area contributed by atoms with E-state index in [-0.39, 0.29) is 35.1 Å². The van der Waals surface area contributed by atoms with Crippen molar-refractivity contribution in [1.82, 2.24) is 10.3 Å². The van der Waals surface area contributed by atoms with Gasteiger partial charge in [0.1, 0.15) is 17.0 Å². The van der Waals surface area contributed by atoms with Gasteiger partial charge in [0, 0.05) is 17.8 Å². The molecule has 0 bridgehead atoms. The zero-order valence-electron chi connectivity index (χ0n) is 17.3. The Hall–Kier alpha value is -2.31. The van der Waals surface area contributed by atoms with E-state index in [2.05, 4.69) is 15.6 Å². The molecule has 0 radical (unpaired) electrons. The maximum Gasteiger partial charge on any atom is 0.407 e. The van der Waals surface area contributed by atoms with E-state index in [4.69, 9.17) is 4.74 Å². The van der Waals surface area contributed by atoms with E-state index in [0.717, 1.165) is 31.4 Å². The molecule has 1 aromatic rings. The molecule has 2 saturated carbocycles. The first-order valence-corrected chi connectivity index (χ1v) is 9.97. The fraction of sp³-hybridized carbons (Fsp3) is 0.667. The summed E-state index contributed by atoms with van der Waals surface area (Å²) < 4.78 is 5.30. The van der Waals surface area contributed by atoms with Crippen LogP contribution in [0, 0.1) is 5.41 Å². The zero-order chi connectivity index (χ0) is 20.7. The van der Waals surface area contributed by atoms with Crippen molar-refractivity contribution in [3.8, 4) is 0 Å². The summed E-state index contributed by atoms with van der Waals surface area (Å²) in [4.78, 5) is 27.9. The lowest BCUT2D eigenvalue weighted by atomic mass is 9.52. The number of alkyl carbamates (subject to hydrolysis) is 1. The predicted molar refractivity (Wildman–Crippen MR) is 107 cm³/mol. The summed E-state index contributed by atoms with van der Waals surface area (Å²) in [5.74, 6) is -0.270. The van der Waals surface area contributed by atoms with Gasteiger partial charge in [0.25, 0.3) is 0 Å². The summed E-state index contributed by atoms with van der Waals surface area (Å²) in [5, 5.41) is 15.7. The van der Waals surface area contributed by atoms with Gasteiger partial charge in [-0.1, -0.05) is 13.8 Å². The highest BCUT2D eigenvalue weighted by Gasteiger charge is 2.53. The lowest BCUT2D eigenvalue weighted by Gasteiger charge is -2.57. The molecule has 1 spiro atoms. The first kappa shape index (κ1) is 20.4. The Morgan fingerprint density at radius 2 is 1.79 bits per heavy atom. The highest BCUT2D eigenvalue weighted by molar-refractivity contribution is 5.93. The normalized spacial score (nSPS) is 26.4. The van der Waals surface area contributed by atoms with Crippen molar-refractivity contribution in [3.63, 3.8) is 0 Å². The van der Waals surface area contributed by atoms with Crippen molar-refractivity contribution in [2.24, 2.45) is 5.41 Å². The van der Waals surface area contributed by atoms with Gasteiger partial charge in [-0.3, -0.25) is 0 Å². The van der Waals surface area contributed by atoms with Gasteiger partial charge in [-0.2, -0.15) is 0 Å². The Morgan fingerprint density at radius 3 is 2.32 bits per heavy atom. The molecule has 1 amide bonds. The SMILES string of the molecule is CC(C)c1ccc(C(=O)O)c(NC2CC3(CC(NC(=O)OC(C)(C)C)C3)C2)n1. The van der Waals surface area contributed by atoms with E-state index in [0.29, 0.717) is 5.82 Å². The fourth-order valence-corrected chi connectivity index (χ4v) is 4.25. The number of ether oxygens (including phenoxy) is 1. The van der Waals surface area contributed by atoms with Crippen LogP contribution in [0.25, 0.3) is 0 Å². The molecule has 1 aromatic heterocycles. The number of carbonyl (C=O) groups excluding carboxylic acids is 1. The maximum absolute atomic E-state index is 11.9. The van der Waals surface area contributed by atoms with Crippen LogP contribution in [0.15, 0.2) is 12.1 Å². The Labute approximate surface area is 166 Å². The lowest BCUT2D eigenvalue weighted by Crippen LogP contribution is -2.59. The molecule has 2 fully saturated rings. The van der Waals surface area contributed by atoms with Gasteiger partial charge < -0.3 is 20.5 Å². The number of pyridine rings is 1. The summed E-state index contributed by atoms with van der Waals surface area (Å²) in [6.07, 6.45) is 3.45. The maximum atomic E-state index is 11.9. The minimum atomic E-state index is -0.968. The number of anilines is 1. The van der Waals surface area contributed by atoms with Crippen molar-refractivity contribution >= 4 is 17.9 Å². The first-order valence-electron chi connectivity index (χ1n) is 9.97. The van der Waals surface area contributed by atoms with Gasteiger partial charge in [-0.15, -0.1) is 0 Å². The molecule has 3 N–H and O–H groups in total. The molecule has 2 aliphatic rings. The monoisotopic (exact) mass is 389 g/mol. The number of carboxylic acids is 1. The predicted octanol–water partition coefficient (Wildman–Crippen LogP) is 4.15. The summed E-state index contributed by atoms with van der Waals surface area (Å²) in [6, 6.07) is 3.79. The van der Waals surface area contributed by atoms with Crippen molar-refractivity contribution in [1.29, 1.82) is 0 Å². The smallest absolute Gasteiger partial charge is 0.407 e. The molecule has 0 unspecified atom stereocenters. The summed E-state index contributed by atoms with van der Waals surface area (Å²) in [6.45, 7) is 9.63. The highest BCUT2D eigenvalue weighted by atomic mass is 16.6. The fourth-order valence-electron chi connectivity index (χ4n) is 4.25. The number of hydrogen-bond donors (Lipinski definition) is 3. The van der Waals surface area contributed by atoms with E-state index in [1.165, 1.54) is 0 Å². The van der Waals surface area contributed by atoms with Crippen LogP contribution in [0.2, 0.25) is 0 Å². The van der Waals surface area contributed by atoms with Crippen LogP contribution in [0.4, 0.5) is 10.6 Å². The summed E-state index contributed by atoms with van der Waals surface area (Å²) in [5.41, 5.74) is 0.850. The average molecular weight is 389 g/mol. The third kappa shape index (κ3) is 4.56. The second-order valence-corrected chi connectivity index (χ2v) is 9.59. The molecule has 3 rings (SSSR count). The quantitative estimate of drug-likeness (QED) is 0.699. The Balaban J connectivity index is 1.51. The summed E-state index contributed by atoms with van der Waals surface area (Å²) in [7, 11) is 0. The first-order chi connectivity index (χ1) is 13.0. The van der Waals surface area contributed by atoms with Crippen LogP contribution in [0.5, 0.6) is 0 Å². The Morgan fingerprint density at radius 1 is 1.18 bits per heavy atom. The van der Waals surface area contributed by atoms with E-state index >= 15 is 0 Å². The molecule has 7 nitrogen and oxygen atoms in total. The van der Waals surface area contributed by atoms with Crippen LogP contribution in [0.1, 0.15) is 82.3 Å². The number of hydrogen-bond acceptors (Lipinski definition) is 5. The molecular weight excluding hydrogens is 358 g/mol. The van der Waals surface area contributed by atoms with E-state index < -0.39 is 11.6 Å². The van der Waals surface area contributed by atoms with Crippen LogP contribution in [0.3, 0.4) is 0 Å². The van der Waals surface area contributed by atoms with Gasteiger partial charge in [0.2, 0.25) is 0 Å². The minimum Gasteiger partial charge on any atom is -0.478 e. The molecule has 2 aliphatic carbocycles. The second-order valence-electron chi connectivity index (χ2n) is 9.59. The van der Waals surface area contributed by atoms with E-state index in [1.807, 2.05) is 34.6 Å². The van der Waals surface area contributed by atoms with E-state index in [9.17, 15) is 14.7 Å². The van der Waals surface area contributed by atoms with Crippen LogP contribution in [-0.2, 0) is 4.74 Å². The number of nitrogens with one attached hydrogen (secondary N) is 2. The molecule has 7 heteroatoms. The lowest BCUT2D eigenvalue weighted by molar-refractivity contribution is -0.0179. The number of carbonyl (C=O) groups is 2. The number of aromatic nitrogens is 1. The molecule has 28 heavy (non-hydrogen) atoms. The molecule has 0 atom stereocenters. The number of rotatable bonds is 5. The Kier molecular flexibility index (Phi) is 5.30. The van der Waals surface area contributed by atoms with Gasteiger partial charge in [0.15, 0.2) is 0 Å². The van der Waals surface area contributed by atoms with Crippen molar-refractivity contribution in [2.45, 2.75) is 83.9 Å². The third-order valence-corrected chi connectivity index (χ3v) is 5.52. The molecule has 0 saturated heterocycles. The van der Waals surface area contributed by atoms with Gasteiger partial charge in [-0.25, -0.2) is 14.6 Å². The standard InChI is InChI=1S/C21H31N3O4/c1-12(2)16-7-6-15(18(25)26)17(24-16)22-13-8-21(9-13)10-14(11-21)23-19(27)28-20(3,4)5/h6-7,12-14H,8-11H2,1-5H3,(H,22,24)(H,23,27)(H,25,26). The van der Waals surface area contributed by atoms with Crippen molar-refractivity contribution in [3.05, 3.63) is 23.4 Å². The van der Waals surface area contributed by atoms with Gasteiger partial charge in [0.05, 0.1) is 0 Å². The molecule has 154 valence electrons. The molecule has 0 aliphatic heterocycles. The third-order valence-electron chi connectivity index (χ3n) is 5.52. The number of aromatic carboxylic acids is 1. The number of carboxylic acid groups (broad SMARTS) is 1. The Bertz CT molecular complexity index is 755. The topological polar surface area (TPSA) is 101 Å². The molecule has 0 aromatic carbocycles. The average Bonchev–Trinajstić information content (AvgIpc) is 2.48. The van der Waals surface area contributed by atoms with Crippen molar-refractivity contribution in [2.75, 3.05) is 5.32 Å². The van der Waals surface area contributed by atoms with Crippen LogP contribution >= 0.6 is 0 Å². The molecule has 1 heterocycles. The minimum absolute atomic E-state index is 0.160. The largest absolute Gasteiger partial charge is 0.478 e. The second kappa shape index (κ2) is 7.26. The number of nitrogens with zero attached hydrogens (tertiary/aromatic N) is 1. The van der Waals surface area contributed by atoms with Gasteiger partial charge >= 0.3 is 12.1 Å². The van der Waals surface area contributed by atoms with E-state index in [1.54, 1.807) is 12.1 Å². The van der Waals surface area contributed by atoms with Crippen LogP contribution < -0.4 is 10.6 Å². The number of amides is 1.